The Morgan fingerprint density at radius 3 is 2.43 bits per heavy atom. The number of alkyl halides is 3. The van der Waals surface area contributed by atoms with Gasteiger partial charge in [-0.05, 0) is 85.2 Å². The lowest BCUT2D eigenvalue weighted by Crippen LogP contribution is -2.35. The van der Waals surface area contributed by atoms with Crippen molar-refractivity contribution in [2.75, 3.05) is 27.3 Å². The minimum absolute atomic E-state index is 0.00955. The molecule has 3 heterocycles. The van der Waals surface area contributed by atoms with Crippen LogP contribution in [0.4, 0.5) is 13.2 Å². The first-order valence-electron chi connectivity index (χ1n) is 19.1. The highest BCUT2D eigenvalue weighted by Gasteiger charge is 2.39. The summed E-state index contributed by atoms with van der Waals surface area (Å²) in [5, 5.41) is 13.7. The van der Waals surface area contributed by atoms with Gasteiger partial charge in [0.1, 0.15) is 11.8 Å². The van der Waals surface area contributed by atoms with Crippen molar-refractivity contribution in [3.63, 3.8) is 0 Å². The summed E-state index contributed by atoms with van der Waals surface area (Å²) in [5.74, 6) is 0.105. The third-order valence-corrected chi connectivity index (χ3v) is 11.9. The first kappa shape index (κ1) is 39.7. The zero-order valence-corrected chi connectivity index (χ0v) is 32.5. The molecular weight excluding hydrogens is 745 g/mol. The van der Waals surface area contributed by atoms with Crippen LogP contribution in [0.5, 0.6) is 11.8 Å². The van der Waals surface area contributed by atoms with Crippen molar-refractivity contribution in [1.82, 2.24) is 20.2 Å². The third kappa shape index (κ3) is 8.28. The highest BCUT2D eigenvalue weighted by atomic mass is 35.5. The van der Waals surface area contributed by atoms with Crippen LogP contribution in [0, 0.1) is 11.8 Å². The molecule has 2 aliphatic carbocycles. The summed E-state index contributed by atoms with van der Waals surface area (Å²) in [6.07, 6.45) is -0.719. The van der Waals surface area contributed by atoms with E-state index in [1.54, 1.807) is 12.0 Å². The molecule has 7 rings (SSSR count). The molecule has 4 atom stereocenters. The molecule has 0 spiro atoms. The second-order valence-electron chi connectivity index (χ2n) is 15.4. The Morgan fingerprint density at radius 1 is 0.982 bits per heavy atom. The van der Waals surface area contributed by atoms with Gasteiger partial charge in [0.2, 0.25) is 11.8 Å². The van der Waals surface area contributed by atoms with E-state index in [0.717, 1.165) is 52.4 Å². The largest absolute Gasteiger partial charge is 0.481 e. The Labute approximate surface area is 329 Å². The number of hydrogen-bond acceptors (Lipinski definition) is 8. The molecule has 2 fully saturated rings. The highest BCUT2D eigenvalue weighted by Crippen LogP contribution is 2.46. The third-order valence-electron chi connectivity index (χ3n) is 11.5. The molecule has 9 nitrogen and oxygen atoms in total. The number of pyridine rings is 2. The Bertz CT molecular complexity index is 2130. The number of ether oxygens (including phenoxy) is 2. The number of carbonyl (C=O) groups excluding carboxylic acids is 1. The number of ketones is 1. The van der Waals surface area contributed by atoms with Gasteiger partial charge in [0.05, 0.1) is 36.2 Å². The quantitative estimate of drug-likeness (QED) is 0.138. The van der Waals surface area contributed by atoms with Crippen molar-refractivity contribution in [2.45, 2.75) is 83.1 Å². The number of carboxylic acid groups (broad SMARTS) is 1. The van der Waals surface area contributed by atoms with Gasteiger partial charge in [-0.3, -0.25) is 14.5 Å². The maximum absolute atomic E-state index is 14.7. The number of nitrogens with zero attached hydrogens (tertiary/aromatic N) is 3. The van der Waals surface area contributed by atoms with Gasteiger partial charge in [-0.15, -0.1) is 0 Å². The van der Waals surface area contributed by atoms with E-state index >= 15 is 0 Å². The second-order valence-corrected chi connectivity index (χ2v) is 15.8. The van der Waals surface area contributed by atoms with Crippen LogP contribution in [0.2, 0.25) is 5.02 Å². The van der Waals surface area contributed by atoms with E-state index in [1.165, 1.54) is 7.11 Å². The lowest BCUT2D eigenvalue weighted by Gasteiger charge is -2.24. The number of nitrogens with one attached hydrogen (secondary N) is 1. The topological polar surface area (TPSA) is 114 Å². The van der Waals surface area contributed by atoms with Gasteiger partial charge >= 0.3 is 12.1 Å². The van der Waals surface area contributed by atoms with E-state index in [4.69, 9.17) is 26.1 Å². The van der Waals surface area contributed by atoms with Crippen LogP contribution in [0.25, 0.3) is 22.4 Å². The van der Waals surface area contributed by atoms with Crippen LogP contribution in [0.1, 0.15) is 78.5 Å². The van der Waals surface area contributed by atoms with E-state index < -0.39 is 23.8 Å². The Kier molecular flexibility index (Phi) is 11.7. The number of aliphatic carboxylic acids is 1. The van der Waals surface area contributed by atoms with Crippen molar-refractivity contribution in [3.05, 3.63) is 93.1 Å². The summed E-state index contributed by atoms with van der Waals surface area (Å²) in [6.45, 7) is 3.68. The molecule has 1 saturated heterocycles. The van der Waals surface area contributed by atoms with E-state index in [0.29, 0.717) is 73.5 Å². The van der Waals surface area contributed by atoms with E-state index in [9.17, 15) is 27.9 Å². The minimum Gasteiger partial charge on any atom is -0.481 e. The van der Waals surface area contributed by atoms with Crippen molar-refractivity contribution >= 4 is 23.4 Å². The summed E-state index contributed by atoms with van der Waals surface area (Å²) in [7, 11) is 2.95. The molecule has 2 aromatic carbocycles. The van der Waals surface area contributed by atoms with Crippen LogP contribution >= 0.6 is 11.6 Å². The van der Waals surface area contributed by atoms with Crippen LogP contribution in [0.15, 0.2) is 54.6 Å². The predicted molar refractivity (Wildman–Crippen MR) is 207 cm³/mol. The summed E-state index contributed by atoms with van der Waals surface area (Å²) in [5.41, 5.74) is 5.25. The monoisotopic (exact) mass is 790 g/mol. The maximum Gasteiger partial charge on any atom is 0.418 e. The fraction of sp³-hybridized carbons (Fsp3) is 0.442. The number of hydrogen-bond donors (Lipinski definition) is 2. The van der Waals surface area contributed by atoms with Crippen LogP contribution < -0.4 is 14.8 Å². The Hall–Kier alpha value is -4.52. The number of fused-ring (bicyclic) bond motifs is 1. The maximum atomic E-state index is 14.7. The number of methoxy groups -OCH3 is 2. The molecule has 0 radical (unpaired) electrons. The van der Waals surface area contributed by atoms with Gasteiger partial charge in [0, 0.05) is 54.7 Å². The average molecular weight is 791 g/mol. The van der Waals surface area contributed by atoms with Gasteiger partial charge < -0.3 is 19.9 Å². The van der Waals surface area contributed by atoms with Gasteiger partial charge in [-0.25, -0.2) is 9.97 Å². The number of benzene rings is 2. The Morgan fingerprint density at radius 2 is 1.71 bits per heavy atom. The molecule has 4 aromatic rings. The molecule has 1 saturated carbocycles. The zero-order valence-electron chi connectivity index (χ0n) is 31.7. The number of Topliss-reactive ketones (excluding diaryl/α,β-unsaturated/α-hetero) is 1. The summed E-state index contributed by atoms with van der Waals surface area (Å²) in [6, 6.07) is 15.8. The number of likely N-dealkylation sites (tertiary alicyclic amines) is 1. The standard InChI is InChI=1S/C43H46ClF3N4O5/c1-24-16-38(42(53)54)51(22-24)23-28-18-35(43(45,46)47)37(50-41(28)56-3)19-26-11-14-32-30(26)6-4-7-31(32)33-8-5-9-34(39(33)44)36-15-12-27(40(49-36)55-2)21-48-20-25-10-13-29(52)17-25/h4-9,12,15,18,24-26,38,48H,10-11,13-14,16-17,19-23H2,1-3H3,(H,53,54)/t24-,25-,26-,38+/m1/s1. The molecular formula is C43H46ClF3N4O5. The highest BCUT2D eigenvalue weighted by molar-refractivity contribution is 6.36. The first-order valence-corrected chi connectivity index (χ1v) is 19.5. The summed E-state index contributed by atoms with van der Waals surface area (Å²) >= 11 is 7.16. The molecule has 0 amide bonds. The van der Waals surface area contributed by atoms with Gasteiger partial charge in [-0.1, -0.05) is 61.0 Å². The molecule has 56 heavy (non-hydrogen) atoms. The normalized spacial score (nSPS) is 21.1. The lowest BCUT2D eigenvalue weighted by molar-refractivity contribution is -0.142. The van der Waals surface area contributed by atoms with Crippen molar-refractivity contribution in [2.24, 2.45) is 11.8 Å². The Balaban J connectivity index is 1.13. The predicted octanol–water partition coefficient (Wildman–Crippen LogP) is 8.53. The van der Waals surface area contributed by atoms with Crippen molar-refractivity contribution in [1.29, 1.82) is 0 Å². The number of rotatable bonds is 13. The van der Waals surface area contributed by atoms with E-state index in [2.05, 4.69) is 10.3 Å². The van der Waals surface area contributed by atoms with Gasteiger partial charge in [0.25, 0.3) is 0 Å². The number of carboxylic acids is 1. The summed E-state index contributed by atoms with van der Waals surface area (Å²) < 4.78 is 55.3. The smallest absolute Gasteiger partial charge is 0.418 e. The zero-order chi connectivity index (χ0) is 39.7. The van der Waals surface area contributed by atoms with Gasteiger partial charge in [-0.2, -0.15) is 13.2 Å². The SMILES string of the molecule is COc1nc(-c2cccc(-c3cccc4c3CC[C@@H]4Cc3nc(OC)c(CN4C[C@H](C)C[C@H]4C(=O)O)cc3C(F)(F)F)c2Cl)ccc1CNC[C@@H]1CCC(=O)C1. The molecule has 13 heteroatoms. The first-order chi connectivity index (χ1) is 26.8. The molecule has 1 aliphatic heterocycles. The van der Waals surface area contributed by atoms with Crippen molar-refractivity contribution in [3.8, 4) is 34.1 Å². The lowest BCUT2D eigenvalue weighted by atomic mass is 9.90. The molecule has 2 N–H and O–H groups in total. The van der Waals surface area contributed by atoms with Crippen LogP contribution in [-0.2, 0) is 41.7 Å². The number of halogens is 4. The van der Waals surface area contributed by atoms with Gasteiger partial charge in [0.15, 0.2) is 0 Å². The fourth-order valence-corrected chi connectivity index (χ4v) is 9.16. The second kappa shape index (κ2) is 16.5. The molecule has 296 valence electrons. The van der Waals surface area contributed by atoms with E-state index in [-0.39, 0.29) is 41.9 Å². The molecule has 3 aliphatic rings. The molecule has 0 bridgehead atoms. The summed E-state index contributed by atoms with van der Waals surface area (Å²) in [4.78, 5) is 34.5. The minimum atomic E-state index is -4.67. The fourth-order valence-electron chi connectivity index (χ4n) is 8.83. The molecule has 0 unspecified atom stereocenters. The number of aromatic nitrogens is 2. The van der Waals surface area contributed by atoms with E-state index in [1.807, 2.05) is 55.5 Å². The number of carbonyl (C=O) groups is 2. The van der Waals surface area contributed by atoms with Crippen molar-refractivity contribution < 1.29 is 37.3 Å². The average Bonchev–Trinajstić information content (AvgIpc) is 3.89. The van der Waals surface area contributed by atoms with Crippen LogP contribution in [-0.4, -0.2) is 65.1 Å². The molecule has 2 aromatic heterocycles. The van der Waals surface area contributed by atoms with Crippen LogP contribution in [0.3, 0.4) is 0 Å².